The molecule has 23 heavy (non-hydrogen) atoms. The summed E-state index contributed by atoms with van der Waals surface area (Å²) in [5, 5.41) is 5.45. The summed E-state index contributed by atoms with van der Waals surface area (Å²) >= 11 is 0. The number of carbonyl (C=O) groups excluding carboxylic acids is 1. The van der Waals surface area contributed by atoms with Gasteiger partial charge in [-0.25, -0.2) is 22.9 Å². The molecule has 3 aliphatic carbocycles. The number of pyridine rings is 1. The minimum absolute atomic E-state index is 0.0843. The van der Waals surface area contributed by atoms with E-state index in [1.165, 1.54) is 12.3 Å². The number of alkyl halides is 3. The van der Waals surface area contributed by atoms with E-state index < -0.39 is 18.7 Å². The number of ether oxygens (including phenoxy) is 1. The van der Waals surface area contributed by atoms with E-state index in [1.54, 1.807) is 6.07 Å². The van der Waals surface area contributed by atoms with Crippen molar-refractivity contribution in [1.82, 2.24) is 15.6 Å². The van der Waals surface area contributed by atoms with Crippen LogP contribution in [-0.2, 0) is 6.54 Å². The zero-order chi connectivity index (χ0) is 16.4. The highest BCUT2D eigenvalue weighted by molar-refractivity contribution is 5.74. The van der Waals surface area contributed by atoms with Crippen molar-refractivity contribution in [2.24, 2.45) is 5.92 Å². The predicted octanol–water partition coefficient (Wildman–Crippen LogP) is 2.42. The van der Waals surface area contributed by atoms with Crippen molar-refractivity contribution in [3.63, 3.8) is 0 Å². The fourth-order valence-electron chi connectivity index (χ4n) is 3.25. The van der Waals surface area contributed by atoms with Gasteiger partial charge in [0.25, 0.3) is 6.43 Å². The molecule has 0 radical (unpaired) electrons. The summed E-state index contributed by atoms with van der Waals surface area (Å²) in [7, 11) is 0. The number of amides is 2. The van der Waals surface area contributed by atoms with Crippen LogP contribution in [0.15, 0.2) is 18.3 Å². The second-order valence-corrected chi connectivity index (χ2v) is 6.16. The zero-order valence-electron chi connectivity index (χ0n) is 12.4. The second kappa shape index (κ2) is 6.25. The summed E-state index contributed by atoms with van der Waals surface area (Å²) in [6.45, 7) is -0.518. The Kier molecular flexibility index (Phi) is 4.32. The molecule has 1 aromatic heterocycles. The second-order valence-electron chi connectivity index (χ2n) is 6.16. The molecule has 5 nitrogen and oxygen atoms in total. The lowest BCUT2D eigenvalue weighted by Crippen LogP contribution is -2.42. The number of aromatic nitrogens is 1. The molecule has 1 atom stereocenters. The summed E-state index contributed by atoms with van der Waals surface area (Å²) in [5.41, 5.74) is -0.401. The van der Waals surface area contributed by atoms with Crippen LogP contribution in [0.5, 0.6) is 5.88 Å². The smallest absolute Gasteiger partial charge is 0.315 e. The number of fused-ring (bicyclic) bond motifs is 1. The van der Waals surface area contributed by atoms with E-state index >= 15 is 0 Å². The number of nitrogens with one attached hydrogen (secondary N) is 2. The van der Waals surface area contributed by atoms with Gasteiger partial charge in [0.05, 0.1) is 0 Å². The highest BCUT2D eigenvalue weighted by Crippen LogP contribution is 2.54. The number of nitrogens with zero attached hydrogens (tertiary/aromatic N) is 1. The van der Waals surface area contributed by atoms with Gasteiger partial charge in [-0.1, -0.05) is 0 Å². The Morgan fingerprint density at radius 2 is 2.22 bits per heavy atom. The van der Waals surface area contributed by atoms with Crippen molar-refractivity contribution in [3.05, 3.63) is 23.9 Å². The summed E-state index contributed by atoms with van der Waals surface area (Å²) in [6.07, 6.45) is 0.307. The Hall–Kier alpha value is -1.99. The lowest BCUT2D eigenvalue weighted by atomic mass is 9.81. The van der Waals surface area contributed by atoms with Gasteiger partial charge in [0, 0.05) is 31.3 Å². The van der Waals surface area contributed by atoms with Gasteiger partial charge < -0.3 is 15.4 Å². The van der Waals surface area contributed by atoms with Crippen LogP contribution in [0, 0.1) is 5.92 Å². The number of hydrogen-bond donors (Lipinski definition) is 2. The van der Waals surface area contributed by atoms with Crippen LogP contribution < -0.4 is 15.4 Å². The van der Waals surface area contributed by atoms with E-state index in [4.69, 9.17) is 4.74 Å². The Morgan fingerprint density at radius 3 is 2.87 bits per heavy atom. The highest BCUT2D eigenvalue weighted by atomic mass is 19.3. The highest BCUT2D eigenvalue weighted by Gasteiger charge is 2.57. The van der Waals surface area contributed by atoms with Crippen molar-refractivity contribution in [1.29, 1.82) is 0 Å². The molecule has 126 valence electrons. The van der Waals surface area contributed by atoms with Crippen LogP contribution in [0.25, 0.3) is 0 Å². The molecule has 1 heterocycles. The standard InChI is InChI=1S/C15H18F3N3O2/c16-12(17)8-23-13-3-9(1-2-19-13)7-20-14(22)21-11-6-15(18)4-10(11)5-15/h1-3,10-12H,4-8H2,(H2,20,21,22). The van der Waals surface area contributed by atoms with Gasteiger partial charge in [-0.15, -0.1) is 0 Å². The number of carbonyl (C=O) groups is 1. The van der Waals surface area contributed by atoms with Gasteiger partial charge in [0.2, 0.25) is 5.88 Å². The van der Waals surface area contributed by atoms with Gasteiger partial charge in [-0.3, -0.25) is 0 Å². The Bertz CT molecular complexity index is 579. The monoisotopic (exact) mass is 329 g/mol. The maximum Gasteiger partial charge on any atom is 0.315 e. The van der Waals surface area contributed by atoms with Crippen molar-refractivity contribution >= 4 is 6.03 Å². The molecule has 0 spiro atoms. The third-order valence-corrected chi connectivity index (χ3v) is 4.34. The number of rotatable bonds is 6. The summed E-state index contributed by atoms with van der Waals surface area (Å²) in [5.74, 6) is 0.321. The molecule has 1 aromatic rings. The molecule has 8 heteroatoms. The first kappa shape index (κ1) is 15.9. The molecule has 2 N–H and O–H groups in total. The van der Waals surface area contributed by atoms with Gasteiger partial charge >= 0.3 is 6.03 Å². The van der Waals surface area contributed by atoms with Crippen LogP contribution in [0.2, 0.25) is 0 Å². The van der Waals surface area contributed by atoms with E-state index in [9.17, 15) is 18.0 Å². The molecule has 0 aliphatic heterocycles. The molecular weight excluding hydrogens is 311 g/mol. The van der Waals surface area contributed by atoms with Gasteiger partial charge in [-0.2, -0.15) is 0 Å². The van der Waals surface area contributed by atoms with E-state index in [-0.39, 0.29) is 30.4 Å². The van der Waals surface area contributed by atoms with Crippen molar-refractivity contribution in [2.45, 2.75) is 43.9 Å². The lowest BCUT2D eigenvalue weighted by molar-refractivity contribution is 0.0748. The third-order valence-electron chi connectivity index (χ3n) is 4.34. The normalized spacial score (nSPS) is 28.3. The minimum Gasteiger partial charge on any atom is -0.472 e. The maximum atomic E-state index is 13.8. The molecule has 2 amide bonds. The van der Waals surface area contributed by atoms with Gasteiger partial charge in [-0.05, 0) is 30.4 Å². The van der Waals surface area contributed by atoms with E-state index in [0.29, 0.717) is 24.8 Å². The van der Waals surface area contributed by atoms with E-state index in [1.807, 2.05) is 0 Å². The average molecular weight is 329 g/mol. The summed E-state index contributed by atoms with van der Waals surface area (Å²) < 4.78 is 42.8. The molecule has 2 bridgehead atoms. The van der Waals surface area contributed by atoms with Crippen molar-refractivity contribution in [3.8, 4) is 5.88 Å². The predicted molar refractivity (Wildman–Crippen MR) is 76.1 cm³/mol. The number of urea groups is 1. The first-order chi connectivity index (χ1) is 10.9. The van der Waals surface area contributed by atoms with Crippen LogP contribution >= 0.6 is 0 Å². The topological polar surface area (TPSA) is 63.2 Å². The van der Waals surface area contributed by atoms with Crippen LogP contribution in [0.3, 0.4) is 0 Å². The molecule has 3 aliphatic rings. The minimum atomic E-state index is -2.57. The largest absolute Gasteiger partial charge is 0.472 e. The zero-order valence-corrected chi connectivity index (χ0v) is 12.4. The van der Waals surface area contributed by atoms with Gasteiger partial charge in [0.15, 0.2) is 6.61 Å². The average Bonchev–Trinajstić information content (AvgIpc) is 2.95. The summed E-state index contributed by atoms with van der Waals surface area (Å²) in [4.78, 5) is 15.7. The van der Waals surface area contributed by atoms with Gasteiger partial charge in [0.1, 0.15) is 5.67 Å². The maximum absolute atomic E-state index is 13.8. The first-order valence-electron chi connectivity index (χ1n) is 7.53. The molecular formula is C15H18F3N3O2. The fourth-order valence-corrected chi connectivity index (χ4v) is 3.25. The van der Waals surface area contributed by atoms with E-state index in [2.05, 4.69) is 15.6 Å². The SMILES string of the molecule is O=C(NCc1ccnc(OCC(F)F)c1)NC1CC2(F)CC1C2. The molecule has 0 saturated heterocycles. The Labute approximate surface area is 131 Å². The van der Waals surface area contributed by atoms with Crippen LogP contribution in [-0.4, -0.2) is 35.8 Å². The molecule has 3 fully saturated rings. The van der Waals surface area contributed by atoms with Crippen molar-refractivity contribution in [2.75, 3.05) is 6.61 Å². The van der Waals surface area contributed by atoms with Crippen LogP contribution in [0.4, 0.5) is 18.0 Å². The molecule has 3 saturated carbocycles. The Morgan fingerprint density at radius 1 is 1.43 bits per heavy atom. The lowest BCUT2D eigenvalue weighted by Gasteiger charge is -2.30. The first-order valence-corrected chi connectivity index (χ1v) is 7.53. The number of halogens is 3. The fraction of sp³-hybridized carbons (Fsp3) is 0.600. The third kappa shape index (κ3) is 3.86. The summed E-state index contributed by atoms with van der Waals surface area (Å²) in [6, 6.07) is 2.67. The van der Waals surface area contributed by atoms with Crippen LogP contribution in [0.1, 0.15) is 24.8 Å². The molecule has 4 rings (SSSR count). The number of hydrogen-bond acceptors (Lipinski definition) is 3. The quantitative estimate of drug-likeness (QED) is 0.842. The Balaban J connectivity index is 1.44. The van der Waals surface area contributed by atoms with Crippen molar-refractivity contribution < 1.29 is 22.7 Å². The molecule has 1 unspecified atom stereocenters. The molecule has 0 aromatic carbocycles. The van der Waals surface area contributed by atoms with E-state index in [0.717, 1.165) is 0 Å².